The molecule has 5 nitrogen and oxygen atoms in total. The van der Waals surface area contributed by atoms with Crippen molar-refractivity contribution in [3.63, 3.8) is 0 Å². The fourth-order valence-electron chi connectivity index (χ4n) is 2.45. The molecule has 0 radical (unpaired) electrons. The van der Waals surface area contributed by atoms with Crippen molar-refractivity contribution in [2.45, 2.75) is 27.2 Å². The van der Waals surface area contributed by atoms with Gasteiger partial charge in [-0.2, -0.15) is 0 Å². The van der Waals surface area contributed by atoms with E-state index in [1.807, 2.05) is 12.2 Å². The van der Waals surface area contributed by atoms with Crippen molar-refractivity contribution in [3.05, 3.63) is 23.7 Å². The molecule has 1 amide bonds. The monoisotopic (exact) mass is 264 g/mol. The number of amides is 1. The topological polar surface area (TPSA) is 84.4 Å². The average molecular weight is 264 g/mol. The second-order valence-electron chi connectivity index (χ2n) is 6.77. The lowest BCUT2D eigenvalue weighted by Gasteiger charge is -2.48. The van der Waals surface area contributed by atoms with Gasteiger partial charge in [-0.3, -0.25) is 4.79 Å². The average Bonchev–Trinajstić information content (AvgIpc) is 2.64. The molecule has 0 aromatic heterocycles. The summed E-state index contributed by atoms with van der Waals surface area (Å²) in [5, 5.41) is 2.88. The van der Waals surface area contributed by atoms with E-state index in [-0.39, 0.29) is 16.7 Å². The maximum atomic E-state index is 11.3. The summed E-state index contributed by atoms with van der Waals surface area (Å²) in [6, 6.07) is 0. The third-order valence-electron chi connectivity index (χ3n) is 3.91. The predicted octanol–water partition coefficient (Wildman–Crippen LogP) is 0.497. The highest BCUT2D eigenvalue weighted by atomic mass is 16.1. The summed E-state index contributed by atoms with van der Waals surface area (Å²) in [4.78, 5) is 13.3. The number of carbonyl (C=O) groups excluding carboxylic acids is 1. The first kappa shape index (κ1) is 13.8. The molecule has 0 atom stereocenters. The SMILES string of the molecule is CC(C)(C)/C(N)=C/C=C(\N)N1CC2(CNC(=O)C2)C1. The largest absolute Gasteiger partial charge is 0.402 e. The van der Waals surface area contributed by atoms with Crippen LogP contribution in [-0.4, -0.2) is 30.4 Å². The Bertz CT molecular complexity index is 439. The Morgan fingerprint density at radius 3 is 2.42 bits per heavy atom. The van der Waals surface area contributed by atoms with Crippen LogP contribution < -0.4 is 16.8 Å². The van der Waals surface area contributed by atoms with Gasteiger partial charge in [0.2, 0.25) is 5.91 Å². The molecule has 2 rings (SSSR count). The Balaban J connectivity index is 1.93. The van der Waals surface area contributed by atoms with Gasteiger partial charge in [0.1, 0.15) is 0 Å². The van der Waals surface area contributed by atoms with Crippen molar-refractivity contribution in [1.82, 2.24) is 10.2 Å². The summed E-state index contributed by atoms with van der Waals surface area (Å²) in [5.74, 6) is 0.872. The Labute approximate surface area is 114 Å². The number of allylic oxidation sites excluding steroid dienone is 3. The molecule has 0 saturated carbocycles. The highest BCUT2D eigenvalue weighted by Crippen LogP contribution is 2.37. The first-order valence-corrected chi connectivity index (χ1v) is 6.67. The molecule has 19 heavy (non-hydrogen) atoms. The van der Waals surface area contributed by atoms with Crippen LogP contribution >= 0.6 is 0 Å². The minimum atomic E-state index is -0.0469. The van der Waals surface area contributed by atoms with E-state index in [9.17, 15) is 4.79 Å². The first-order chi connectivity index (χ1) is 8.72. The van der Waals surface area contributed by atoms with Crippen LogP contribution in [0.5, 0.6) is 0 Å². The molecule has 2 saturated heterocycles. The molecule has 2 aliphatic rings. The fourth-order valence-corrected chi connectivity index (χ4v) is 2.45. The molecule has 0 unspecified atom stereocenters. The zero-order valence-corrected chi connectivity index (χ0v) is 12.0. The normalized spacial score (nSPS) is 23.5. The minimum absolute atomic E-state index is 0.0469. The number of nitrogens with zero attached hydrogens (tertiary/aromatic N) is 1. The van der Waals surface area contributed by atoms with Gasteiger partial charge in [0.25, 0.3) is 0 Å². The number of carbonyl (C=O) groups is 1. The summed E-state index contributed by atoms with van der Waals surface area (Å²) in [7, 11) is 0. The van der Waals surface area contributed by atoms with Gasteiger partial charge in [0, 0.05) is 42.6 Å². The van der Waals surface area contributed by atoms with E-state index < -0.39 is 0 Å². The van der Waals surface area contributed by atoms with Crippen LogP contribution in [0.25, 0.3) is 0 Å². The second-order valence-corrected chi connectivity index (χ2v) is 6.77. The lowest BCUT2D eigenvalue weighted by atomic mass is 9.79. The van der Waals surface area contributed by atoms with E-state index in [4.69, 9.17) is 11.5 Å². The van der Waals surface area contributed by atoms with Crippen molar-refractivity contribution in [2.24, 2.45) is 22.3 Å². The van der Waals surface area contributed by atoms with Crippen LogP contribution in [-0.2, 0) is 4.79 Å². The predicted molar refractivity (Wildman–Crippen MR) is 75.6 cm³/mol. The summed E-state index contributed by atoms with van der Waals surface area (Å²) < 4.78 is 0. The van der Waals surface area contributed by atoms with Gasteiger partial charge in [-0.15, -0.1) is 0 Å². The number of hydrogen-bond acceptors (Lipinski definition) is 4. The maximum absolute atomic E-state index is 11.3. The van der Waals surface area contributed by atoms with Gasteiger partial charge < -0.3 is 21.7 Å². The Morgan fingerprint density at radius 2 is 1.95 bits per heavy atom. The lowest BCUT2D eigenvalue weighted by Crippen LogP contribution is -2.57. The van der Waals surface area contributed by atoms with Gasteiger partial charge in [-0.05, 0) is 12.2 Å². The molecule has 0 aromatic rings. The molecule has 2 aliphatic heterocycles. The number of rotatable bonds is 2. The molecule has 0 bridgehead atoms. The maximum Gasteiger partial charge on any atom is 0.220 e. The molecule has 0 aromatic carbocycles. The summed E-state index contributed by atoms with van der Waals surface area (Å²) >= 11 is 0. The minimum Gasteiger partial charge on any atom is -0.402 e. The fraction of sp³-hybridized carbons (Fsp3) is 0.643. The Morgan fingerprint density at radius 1 is 1.32 bits per heavy atom. The first-order valence-electron chi connectivity index (χ1n) is 6.67. The number of nitrogens with two attached hydrogens (primary N) is 2. The van der Waals surface area contributed by atoms with Crippen LogP contribution in [0.3, 0.4) is 0 Å². The van der Waals surface area contributed by atoms with Gasteiger partial charge in [0.05, 0.1) is 5.82 Å². The number of hydrogen-bond donors (Lipinski definition) is 3. The molecule has 0 aliphatic carbocycles. The molecule has 5 N–H and O–H groups in total. The van der Waals surface area contributed by atoms with E-state index in [0.717, 1.165) is 31.2 Å². The zero-order valence-electron chi connectivity index (χ0n) is 12.0. The third kappa shape index (κ3) is 2.85. The van der Waals surface area contributed by atoms with Crippen molar-refractivity contribution in [1.29, 1.82) is 0 Å². The van der Waals surface area contributed by atoms with Crippen molar-refractivity contribution in [2.75, 3.05) is 19.6 Å². The third-order valence-corrected chi connectivity index (χ3v) is 3.91. The van der Waals surface area contributed by atoms with Crippen molar-refractivity contribution in [3.8, 4) is 0 Å². The van der Waals surface area contributed by atoms with Crippen LogP contribution in [0.4, 0.5) is 0 Å². The summed E-state index contributed by atoms with van der Waals surface area (Å²) in [6.45, 7) is 8.66. The van der Waals surface area contributed by atoms with E-state index in [2.05, 4.69) is 31.0 Å². The van der Waals surface area contributed by atoms with E-state index >= 15 is 0 Å². The summed E-state index contributed by atoms with van der Waals surface area (Å²) in [6.07, 6.45) is 4.35. The van der Waals surface area contributed by atoms with Crippen molar-refractivity contribution < 1.29 is 4.79 Å². The molecule has 2 heterocycles. The van der Waals surface area contributed by atoms with Crippen LogP contribution in [0.2, 0.25) is 0 Å². The van der Waals surface area contributed by atoms with Gasteiger partial charge in [-0.25, -0.2) is 0 Å². The highest BCUT2D eigenvalue weighted by Gasteiger charge is 2.48. The van der Waals surface area contributed by atoms with Crippen LogP contribution in [0.1, 0.15) is 27.2 Å². The summed E-state index contributed by atoms with van der Waals surface area (Å²) in [5.41, 5.74) is 12.9. The molecular formula is C14H24N4O. The molecular weight excluding hydrogens is 240 g/mol. The Hall–Kier alpha value is -1.65. The molecule has 1 spiro atoms. The molecule has 106 valence electrons. The van der Waals surface area contributed by atoms with E-state index in [0.29, 0.717) is 6.42 Å². The Kier molecular flexibility index (Phi) is 3.24. The van der Waals surface area contributed by atoms with E-state index in [1.165, 1.54) is 0 Å². The number of likely N-dealkylation sites (tertiary alicyclic amines) is 1. The van der Waals surface area contributed by atoms with Crippen molar-refractivity contribution >= 4 is 5.91 Å². The smallest absolute Gasteiger partial charge is 0.220 e. The van der Waals surface area contributed by atoms with Crippen LogP contribution in [0.15, 0.2) is 23.7 Å². The zero-order chi connectivity index (χ0) is 14.3. The second kappa shape index (κ2) is 4.47. The van der Waals surface area contributed by atoms with Crippen LogP contribution in [0, 0.1) is 10.8 Å². The van der Waals surface area contributed by atoms with E-state index in [1.54, 1.807) is 0 Å². The van der Waals surface area contributed by atoms with Gasteiger partial charge in [-0.1, -0.05) is 20.8 Å². The number of nitrogens with one attached hydrogen (secondary N) is 1. The quantitative estimate of drug-likeness (QED) is 0.634. The molecule has 2 fully saturated rings. The lowest BCUT2D eigenvalue weighted by molar-refractivity contribution is -0.120. The van der Waals surface area contributed by atoms with Gasteiger partial charge in [0.15, 0.2) is 0 Å². The standard InChI is InChI=1S/C14H24N4O/c1-13(2,3)10(15)4-5-11(16)18-8-14(9-18)6-12(19)17-7-14/h4-5H,6-9,15-16H2,1-3H3,(H,17,19)/b10-4-,11-5+. The van der Waals surface area contributed by atoms with Gasteiger partial charge >= 0.3 is 0 Å². The highest BCUT2D eigenvalue weighted by molar-refractivity contribution is 5.79. The molecule has 5 heteroatoms.